The number of carbonyl (C=O) groups excluding carboxylic acids is 1. The molecule has 2 rings (SSSR count). The van der Waals surface area contributed by atoms with Crippen LogP contribution in [0.4, 0.5) is 0 Å². The van der Waals surface area contributed by atoms with Crippen LogP contribution in [0.5, 0.6) is 5.75 Å². The third-order valence-electron chi connectivity index (χ3n) is 2.93. The zero-order valence-electron chi connectivity index (χ0n) is 9.45. The van der Waals surface area contributed by atoms with Crippen LogP contribution in [0, 0.1) is 0 Å². The molecule has 1 aromatic rings. The van der Waals surface area contributed by atoms with E-state index in [1.54, 1.807) is 7.11 Å². The van der Waals surface area contributed by atoms with Crippen LogP contribution in [0.3, 0.4) is 0 Å². The molecule has 1 fully saturated rings. The van der Waals surface area contributed by atoms with E-state index in [1.807, 2.05) is 31.2 Å². The highest BCUT2D eigenvalue weighted by atomic mass is 35.5. The zero-order valence-corrected chi connectivity index (χ0v) is 10.3. The molecule has 1 heterocycles. The van der Waals surface area contributed by atoms with Crippen LogP contribution in [-0.4, -0.2) is 19.4 Å². The third kappa shape index (κ3) is 2.20. The van der Waals surface area contributed by atoms with E-state index in [4.69, 9.17) is 4.74 Å². The van der Waals surface area contributed by atoms with Crippen molar-refractivity contribution >= 4 is 18.2 Å². The first kappa shape index (κ1) is 13.0. The molecular formula is C12H16ClNO2. The number of nitrogens with one attached hydrogen (secondary N) is 1. The van der Waals surface area contributed by atoms with Crippen molar-refractivity contribution in [2.75, 3.05) is 13.7 Å². The number of benzene rings is 1. The summed E-state index contributed by atoms with van der Waals surface area (Å²) < 4.78 is 5.31. The summed E-state index contributed by atoms with van der Waals surface area (Å²) in [6.45, 7) is 2.49. The van der Waals surface area contributed by atoms with Gasteiger partial charge in [-0.15, -0.1) is 12.4 Å². The van der Waals surface area contributed by atoms with Gasteiger partial charge >= 0.3 is 0 Å². The predicted octanol–water partition coefficient (Wildman–Crippen LogP) is 1.89. The summed E-state index contributed by atoms with van der Waals surface area (Å²) >= 11 is 0. The average Bonchev–Trinajstić information content (AvgIpc) is 2.60. The van der Waals surface area contributed by atoms with Gasteiger partial charge in [0.1, 0.15) is 11.5 Å². The van der Waals surface area contributed by atoms with Gasteiger partial charge in [-0.05, 0) is 13.0 Å². The molecule has 0 radical (unpaired) electrons. The largest absolute Gasteiger partial charge is 0.496 e. The molecule has 1 saturated heterocycles. The maximum atomic E-state index is 11.3. The summed E-state index contributed by atoms with van der Waals surface area (Å²) in [5, 5.41) is 3.24. The molecule has 0 saturated carbocycles. The Bertz CT molecular complexity index is 394. The van der Waals surface area contributed by atoms with Gasteiger partial charge < -0.3 is 10.1 Å². The molecule has 0 amide bonds. The lowest BCUT2D eigenvalue weighted by molar-refractivity contribution is -0.116. The van der Waals surface area contributed by atoms with Crippen LogP contribution in [0.15, 0.2) is 24.3 Å². The molecule has 3 nitrogen and oxygen atoms in total. The Morgan fingerprint density at radius 1 is 1.38 bits per heavy atom. The Balaban J connectivity index is 0.00000128. The van der Waals surface area contributed by atoms with E-state index >= 15 is 0 Å². The van der Waals surface area contributed by atoms with Crippen LogP contribution in [-0.2, 0) is 10.3 Å². The maximum Gasteiger partial charge on any atom is 0.148 e. The van der Waals surface area contributed by atoms with Gasteiger partial charge in [-0.1, -0.05) is 18.2 Å². The SMILES string of the molecule is COc1ccccc1C1(C)CC(=O)CN1.Cl. The Kier molecular flexibility index (Phi) is 3.94. The Morgan fingerprint density at radius 3 is 2.62 bits per heavy atom. The quantitative estimate of drug-likeness (QED) is 0.860. The van der Waals surface area contributed by atoms with Gasteiger partial charge in [0, 0.05) is 12.0 Å². The van der Waals surface area contributed by atoms with Crippen LogP contribution in [0.2, 0.25) is 0 Å². The Hall–Kier alpha value is -1.06. The van der Waals surface area contributed by atoms with Crippen molar-refractivity contribution in [3.8, 4) is 5.75 Å². The summed E-state index contributed by atoms with van der Waals surface area (Å²) in [7, 11) is 1.65. The van der Waals surface area contributed by atoms with Crippen molar-refractivity contribution in [2.24, 2.45) is 0 Å². The number of halogens is 1. The highest BCUT2D eigenvalue weighted by Crippen LogP contribution is 2.34. The average molecular weight is 242 g/mol. The third-order valence-corrected chi connectivity index (χ3v) is 2.93. The number of Topliss-reactive ketones (excluding diaryl/α,β-unsaturated/α-hetero) is 1. The number of hydrogen-bond donors (Lipinski definition) is 1. The summed E-state index contributed by atoms with van der Waals surface area (Å²) in [5.74, 6) is 1.09. The van der Waals surface area contributed by atoms with Crippen molar-refractivity contribution in [1.82, 2.24) is 5.32 Å². The van der Waals surface area contributed by atoms with Crippen molar-refractivity contribution in [3.63, 3.8) is 0 Å². The second-order valence-electron chi connectivity index (χ2n) is 4.10. The van der Waals surface area contributed by atoms with E-state index in [1.165, 1.54) is 0 Å². The highest BCUT2D eigenvalue weighted by molar-refractivity contribution is 5.85. The molecule has 1 N–H and O–H groups in total. The molecule has 0 aliphatic carbocycles. The molecule has 1 aliphatic rings. The fourth-order valence-corrected chi connectivity index (χ4v) is 2.10. The number of hydrogen-bond acceptors (Lipinski definition) is 3. The summed E-state index contributed by atoms with van der Waals surface area (Å²) in [6.07, 6.45) is 0.535. The van der Waals surface area contributed by atoms with E-state index in [-0.39, 0.29) is 23.7 Å². The van der Waals surface area contributed by atoms with Crippen LogP contribution >= 0.6 is 12.4 Å². The highest BCUT2D eigenvalue weighted by Gasteiger charge is 2.36. The minimum Gasteiger partial charge on any atom is -0.496 e. The fourth-order valence-electron chi connectivity index (χ4n) is 2.10. The monoisotopic (exact) mass is 241 g/mol. The number of carbonyl (C=O) groups is 1. The Morgan fingerprint density at radius 2 is 2.06 bits per heavy atom. The molecule has 4 heteroatoms. The number of methoxy groups -OCH3 is 1. The lowest BCUT2D eigenvalue weighted by Crippen LogP contribution is -2.33. The van der Waals surface area contributed by atoms with E-state index in [2.05, 4.69) is 5.32 Å². The smallest absolute Gasteiger partial charge is 0.148 e. The first-order chi connectivity index (χ1) is 7.15. The fraction of sp³-hybridized carbons (Fsp3) is 0.417. The van der Waals surface area contributed by atoms with Gasteiger partial charge in [0.05, 0.1) is 19.2 Å². The van der Waals surface area contributed by atoms with Crippen LogP contribution < -0.4 is 10.1 Å². The minimum absolute atomic E-state index is 0. The summed E-state index contributed by atoms with van der Waals surface area (Å²) in [6, 6.07) is 7.82. The molecule has 1 unspecified atom stereocenters. The van der Waals surface area contributed by atoms with Crippen molar-refractivity contribution in [2.45, 2.75) is 18.9 Å². The number of ketones is 1. The van der Waals surface area contributed by atoms with Gasteiger partial charge in [0.25, 0.3) is 0 Å². The first-order valence-electron chi connectivity index (χ1n) is 5.06. The van der Waals surface area contributed by atoms with Gasteiger partial charge in [-0.2, -0.15) is 0 Å². The lowest BCUT2D eigenvalue weighted by atomic mass is 9.89. The molecule has 1 aliphatic heterocycles. The zero-order chi connectivity index (χ0) is 10.9. The van der Waals surface area contributed by atoms with E-state index in [9.17, 15) is 4.79 Å². The molecule has 1 atom stereocenters. The topological polar surface area (TPSA) is 38.3 Å². The first-order valence-corrected chi connectivity index (χ1v) is 5.06. The minimum atomic E-state index is -0.274. The van der Waals surface area contributed by atoms with Crippen LogP contribution in [0.1, 0.15) is 18.9 Å². The van der Waals surface area contributed by atoms with Gasteiger partial charge in [-0.25, -0.2) is 0 Å². The predicted molar refractivity (Wildman–Crippen MR) is 65.2 cm³/mol. The van der Waals surface area contributed by atoms with Crippen LogP contribution in [0.25, 0.3) is 0 Å². The van der Waals surface area contributed by atoms with Crippen molar-refractivity contribution in [3.05, 3.63) is 29.8 Å². The van der Waals surface area contributed by atoms with Gasteiger partial charge in [0.15, 0.2) is 0 Å². The van der Waals surface area contributed by atoms with E-state index < -0.39 is 0 Å². The molecule has 88 valence electrons. The normalized spacial score (nSPS) is 24.0. The molecular weight excluding hydrogens is 226 g/mol. The lowest BCUT2D eigenvalue weighted by Gasteiger charge is -2.25. The maximum absolute atomic E-state index is 11.3. The second kappa shape index (κ2) is 4.85. The van der Waals surface area contributed by atoms with Gasteiger partial charge in [-0.3, -0.25) is 4.79 Å². The van der Waals surface area contributed by atoms with Crippen molar-refractivity contribution < 1.29 is 9.53 Å². The molecule has 1 aromatic carbocycles. The van der Waals surface area contributed by atoms with E-state index in [0.717, 1.165) is 11.3 Å². The summed E-state index contributed by atoms with van der Waals surface area (Å²) in [5.41, 5.74) is 0.780. The second-order valence-corrected chi connectivity index (χ2v) is 4.10. The molecule has 16 heavy (non-hydrogen) atoms. The van der Waals surface area contributed by atoms with Crippen molar-refractivity contribution in [1.29, 1.82) is 0 Å². The number of rotatable bonds is 2. The summed E-state index contributed by atoms with van der Waals surface area (Å²) in [4.78, 5) is 11.3. The number of ether oxygens (including phenoxy) is 1. The van der Waals surface area contributed by atoms with Gasteiger partial charge in [0.2, 0.25) is 0 Å². The molecule has 0 bridgehead atoms. The standard InChI is InChI=1S/C12H15NO2.ClH/c1-12(7-9(14)8-13-12)10-5-3-4-6-11(10)15-2;/h3-6,13H,7-8H2,1-2H3;1H. The Labute approximate surface area is 102 Å². The number of para-hydroxylation sites is 1. The molecule has 0 spiro atoms. The van der Waals surface area contributed by atoms with E-state index in [0.29, 0.717) is 13.0 Å². The molecule has 0 aromatic heterocycles.